The fourth-order valence-corrected chi connectivity index (χ4v) is 4.73. The van der Waals surface area contributed by atoms with Gasteiger partial charge in [0.15, 0.2) is 0 Å². The van der Waals surface area contributed by atoms with Crippen LogP contribution in [-0.2, 0) is 17.5 Å². The molecule has 244 valence electrons. The molecule has 16 heteroatoms. The summed E-state index contributed by atoms with van der Waals surface area (Å²) in [5.74, 6) is -1.17. The van der Waals surface area contributed by atoms with Crippen LogP contribution in [0.1, 0.15) is 27.2 Å². The van der Waals surface area contributed by atoms with Crippen molar-refractivity contribution in [3.8, 4) is 6.01 Å². The number of carbonyl (C=O) groups excluding carboxylic acids is 2. The number of carbonyl (C=O) groups is 2. The topological polar surface area (TPSA) is 150 Å². The summed E-state index contributed by atoms with van der Waals surface area (Å²) >= 11 is 0. The van der Waals surface area contributed by atoms with Crippen LogP contribution in [0.5, 0.6) is 6.01 Å². The predicted molar refractivity (Wildman–Crippen MR) is 168 cm³/mol. The molecular formula is C31H31F3N10O3. The van der Waals surface area contributed by atoms with E-state index in [0.717, 1.165) is 11.6 Å². The highest BCUT2D eigenvalue weighted by Gasteiger charge is 2.36. The molecule has 0 bridgehead atoms. The maximum atomic E-state index is 14.0. The monoisotopic (exact) mass is 648 g/mol. The first-order valence-electron chi connectivity index (χ1n) is 14.4. The summed E-state index contributed by atoms with van der Waals surface area (Å²) in [7, 11) is 1.38. The molecule has 4 aromatic rings. The quantitative estimate of drug-likeness (QED) is 0.208. The largest absolute Gasteiger partial charge is 0.467 e. The van der Waals surface area contributed by atoms with Gasteiger partial charge in [0.25, 0.3) is 5.91 Å². The van der Waals surface area contributed by atoms with Crippen molar-refractivity contribution in [3.63, 3.8) is 0 Å². The summed E-state index contributed by atoms with van der Waals surface area (Å²) in [6.07, 6.45) is -0.0248. The van der Waals surface area contributed by atoms with Gasteiger partial charge >= 0.3 is 12.2 Å². The van der Waals surface area contributed by atoms with Gasteiger partial charge in [-0.05, 0) is 42.8 Å². The van der Waals surface area contributed by atoms with E-state index in [1.165, 1.54) is 13.3 Å². The lowest BCUT2D eigenvalue weighted by Crippen LogP contribution is -2.48. The first-order valence-corrected chi connectivity index (χ1v) is 14.4. The van der Waals surface area contributed by atoms with E-state index in [-0.39, 0.29) is 35.1 Å². The zero-order chi connectivity index (χ0) is 33.6. The summed E-state index contributed by atoms with van der Waals surface area (Å²) in [6, 6.07) is 10.2. The SMILES string of the molecule is C=CC(=O)Nc1cc(CN2CCN(C(=O)c3ccccn3)CC2)ccc1Nc1nc(Nc2nc(OC)ncc2C)ncc1C(F)(F)F. The van der Waals surface area contributed by atoms with Gasteiger partial charge in [0.1, 0.15) is 22.9 Å². The Hall–Kier alpha value is -5.64. The molecule has 0 unspecified atom stereocenters. The van der Waals surface area contributed by atoms with Crippen molar-refractivity contribution in [2.45, 2.75) is 19.6 Å². The van der Waals surface area contributed by atoms with Crippen LogP contribution in [0, 0.1) is 6.92 Å². The normalized spacial score (nSPS) is 13.5. The van der Waals surface area contributed by atoms with Crippen molar-refractivity contribution in [2.24, 2.45) is 0 Å². The number of alkyl halides is 3. The van der Waals surface area contributed by atoms with Crippen LogP contribution in [-0.4, -0.2) is 79.8 Å². The predicted octanol–water partition coefficient (Wildman–Crippen LogP) is 4.57. The van der Waals surface area contributed by atoms with Gasteiger partial charge in [-0.25, -0.2) is 9.97 Å². The first-order chi connectivity index (χ1) is 22.5. The molecule has 5 rings (SSSR count). The number of benzene rings is 1. The van der Waals surface area contributed by atoms with Crippen LogP contribution in [0.25, 0.3) is 0 Å². The third-order valence-electron chi connectivity index (χ3n) is 7.19. The molecule has 0 saturated carbocycles. The van der Waals surface area contributed by atoms with Gasteiger partial charge in [0, 0.05) is 56.9 Å². The van der Waals surface area contributed by atoms with Gasteiger partial charge in [-0.1, -0.05) is 18.7 Å². The number of anilines is 5. The summed E-state index contributed by atoms with van der Waals surface area (Å²) in [5, 5.41) is 8.19. The minimum absolute atomic E-state index is 0.0471. The molecular weight excluding hydrogens is 617 g/mol. The molecule has 47 heavy (non-hydrogen) atoms. The van der Waals surface area contributed by atoms with Crippen molar-refractivity contribution in [1.82, 2.24) is 34.7 Å². The number of ether oxygens (including phenoxy) is 1. The second-order valence-corrected chi connectivity index (χ2v) is 10.4. The highest BCUT2D eigenvalue weighted by molar-refractivity contribution is 6.01. The lowest BCUT2D eigenvalue weighted by atomic mass is 10.1. The summed E-state index contributed by atoms with van der Waals surface area (Å²) in [5.41, 5.74) is 1.00. The molecule has 0 radical (unpaired) electrons. The highest BCUT2D eigenvalue weighted by atomic mass is 19.4. The molecule has 2 amide bonds. The second-order valence-electron chi connectivity index (χ2n) is 10.4. The van der Waals surface area contributed by atoms with Crippen LogP contribution in [0.2, 0.25) is 0 Å². The van der Waals surface area contributed by atoms with Gasteiger partial charge in [-0.3, -0.25) is 19.5 Å². The Morgan fingerprint density at radius 1 is 0.979 bits per heavy atom. The molecule has 13 nitrogen and oxygen atoms in total. The Bertz CT molecular complexity index is 1760. The highest BCUT2D eigenvalue weighted by Crippen LogP contribution is 2.37. The Morgan fingerprint density at radius 3 is 2.45 bits per heavy atom. The van der Waals surface area contributed by atoms with E-state index in [2.05, 4.69) is 52.3 Å². The van der Waals surface area contributed by atoms with E-state index in [1.807, 2.05) is 0 Å². The number of rotatable bonds is 10. The lowest BCUT2D eigenvalue weighted by molar-refractivity contribution is -0.137. The molecule has 3 N–H and O–H groups in total. The Balaban J connectivity index is 1.36. The second kappa shape index (κ2) is 14.2. The zero-order valence-corrected chi connectivity index (χ0v) is 25.5. The molecule has 1 saturated heterocycles. The van der Waals surface area contributed by atoms with E-state index < -0.39 is 23.5 Å². The van der Waals surface area contributed by atoms with Crippen molar-refractivity contribution < 1.29 is 27.5 Å². The average molecular weight is 649 g/mol. The molecule has 0 spiro atoms. The molecule has 0 atom stereocenters. The minimum Gasteiger partial charge on any atom is -0.467 e. The van der Waals surface area contributed by atoms with Crippen molar-refractivity contribution in [1.29, 1.82) is 0 Å². The van der Waals surface area contributed by atoms with Crippen molar-refractivity contribution in [3.05, 3.63) is 90.0 Å². The standard InChI is InChI=1S/C31H31F3N10O3/c1-4-25(45)38-24-15-20(18-43-11-13-44(14-12-43)28(46)23-7-5-6-10-35-23)8-9-22(24)39-27-21(31(32,33)34)17-36-29(41-27)40-26-19(2)16-37-30(42-26)47-3/h4-10,15-17H,1,11-14,18H2,2-3H3,(H,38,45)(H2,36,37,39,40,41,42). The Morgan fingerprint density at radius 2 is 1.77 bits per heavy atom. The maximum absolute atomic E-state index is 14.0. The van der Waals surface area contributed by atoms with E-state index in [0.29, 0.717) is 50.2 Å². The zero-order valence-electron chi connectivity index (χ0n) is 25.5. The third kappa shape index (κ3) is 8.15. The molecule has 1 aliphatic heterocycles. The number of halogens is 3. The van der Waals surface area contributed by atoms with E-state index in [1.54, 1.807) is 54.4 Å². The van der Waals surface area contributed by atoms with Crippen LogP contribution in [0.15, 0.2) is 67.6 Å². The summed E-state index contributed by atoms with van der Waals surface area (Å²) in [6.45, 7) is 7.83. The molecule has 3 aromatic heterocycles. The number of pyridine rings is 1. The number of hydrogen-bond donors (Lipinski definition) is 3. The number of amides is 2. The van der Waals surface area contributed by atoms with Crippen molar-refractivity contribution in [2.75, 3.05) is 49.2 Å². The van der Waals surface area contributed by atoms with Gasteiger partial charge in [-0.15, -0.1) is 0 Å². The van der Waals surface area contributed by atoms with Crippen molar-refractivity contribution >= 4 is 40.8 Å². The molecule has 4 heterocycles. The number of piperazine rings is 1. The van der Waals surface area contributed by atoms with E-state index >= 15 is 0 Å². The number of nitrogens with zero attached hydrogens (tertiary/aromatic N) is 7. The van der Waals surface area contributed by atoms with E-state index in [4.69, 9.17) is 4.74 Å². The summed E-state index contributed by atoms with van der Waals surface area (Å²) in [4.78, 5) is 49.2. The van der Waals surface area contributed by atoms with Gasteiger partial charge in [-0.2, -0.15) is 23.1 Å². The maximum Gasteiger partial charge on any atom is 0.421 e. The minimum atomic E-state index is -4.79. The van der Waals surface area contributed by atoms with Gasteiger partial charge in [0.05, 0.1) is 18.5 Å². The number of methoxy groups -OCH3 is 1. The lowest BCUT2D eigenvalue weighted by Gasteiger charge is -2.34. The fourth-order valence-electron chi connectivity index (χ4n) is 4.73. The number of aryl methyl sites for hydroxylation is 1. The third-order valence-corrected chi connectivity index (χ3v) is 7.19. The molecule has 1 fully saturated rings. The Labute approximate surface area is 267 Å². The molecule has 1 aromatic carbocycles. The average Bonchev–Trinajstić information content (AvgIpc) is 3.07. The van der Waals surface area contributed by atoms with Gasteiger partial charge in [0.2, 0.25) is 11.9 Å². The van der Waals surface area contributed by atoms with E-state index in [9.17, 15) is 22.8 Å². The molecule has 1 aliphatic rings. The molecule has 0 aliphatic carbocycles. The fraction of sp³-hybridized carbons (Fsp3) is 0.258. The number of hydrogen-bond acceptors (Lipinski definition) is 11. The van der Waals surface area contributed by atoms with Crippen LogP contribution < -0.4 is 20.7 Å². The number of aromatic nitrogens is 5. The smallest absolute Gasteiger partial charge is 0.421 e. The first kappa shape index (κ1) is 32.7. The summed E-state index contributed by atoms with van der Waals surface area (Å²) < 4.78 is 47.2. The van der Waals surface area contributed by atoms with Crippen LogP contribution >= 0.6 is 0 Å². The van der Waals surface area contributed by atoms with Gasteiger partial charge < -0.3 is 25.6 Å². The Kier molecular flexibility index (Phi) is 9.89. The van der Waals surface area contributed by atoms with Crippen LogP contribution in [0.4, 0.5) is 42.1 Å². The van der Waals surface area contributed by atoms with Crippen LogP contribution in [0.3, 0.4) is 0 Å². The number of nitrogens with one attached hydrogen (secondary N) is 3.